The van der Waals surface area contributed by atoms with Gasteiger partial charge in [0.25, 0.3) is 11.8 Å². The highest BCUT2D eigenvalue weighted by Crippen LogP contribution is 2.23. The molecule has 41 heavy (non-hydrogen) atoms. The fourth-order valence-electron chi connectivity index (χ4n) is 5.61. The Kier molecular flexibility index (Phi) is 9.09. The van der Waals surface area contributed by atoms with Crippen LogP contribution in [0.3, 0.4) is 0 Å². The highest BCUT2D eigenvalue weighted by Gasteiger charge is 2.29. The van der Waals surface area contributed by atoms with Gasteiger partial charge in [-0.1, -0.05) is 42.0 Å². The van der Waals surface area contributed by atoms with Gasteiger partial charge in [-0.2, -0.15) is 0 Å². The number of hydrogen-bond acceptors (Lipinski definition) is 6. The molecule has 3 heterocycles. The zero-order valence-electron chi connectivity index (χ0n) is 23.8. The molecule has 0 saturated carbocycles. The summed E-state index contributed by atoms with van der Waals surface area (Å²) >= 11 is 0. The lowest BCUT2D eigenvalue weighted by atomic mass is 9.88. The average Bonchev–Trinajstić information content (AvgIpc) is 3.02. The van der Waals surface area contributed by atoms with Crippen molar-refractivity contribution in [3.8, 4) is 5.75 Å². The molecule has 0 bridgehead atoms. The first-order valence-corrected chi connectivity index (χ1v) is 14.4. The van der Waals surface area contributed by atoms with Crippen molar-refractivity contribution in [2.45, 2.75) is 45.2 Å². The number of aryl methyl sites for hydroxylation is 1. The molecule has 2 aliphatic rings. The molecular weight excluding hydrogens is 516 g/mol. The quantitative estimate of drug-likeness (QED) is 0.412. The molecule has 214 valence electrons. The number of carbonyl (C=O) groups is 3. The molecule has 2 saturated heterocycles. The first-order valence-electron chi connectivity index (χ1n) is 14.4. The first-order chi connectivity index (χ1) is 19.9. The number of piperidine rings is 2. The van der Waals surface area contributed by atoms with Gasteiger partial charge in [0.1, 0.15) is 11.4 Å². The lowest BCUT2D eigenvalue weighted by Crippen LogP contribution is -2.44. The number of carbonyl (C=O) groups excluding carboxylic acids is 3. The van der Waals surface area contributed by atoms with Crippen LogP contribution in [-0.4, -0.2) is 71.7 Å². The van der Waals surface area contributed by atoms with Crippen LogP contribution in [0.1, 0.15) is 68.0 Å². The summed E-state index contributed by atoms with van der Waals surface area (Å²) in [4.78, 5) is 47.2. The van der Waals surface area contributed by atoms with E-state index in [-0.39, 0.29) is 29.6 Å². The highest BCUT2D eigenvalue weighted by atomic mass is 16.5. The van der Waals surface area contributed by atoms with Gasteiger partial charge in [0.05, 0.1) is 12.7 Å². The van der Waals surface area contributed by atoms with E-state index in [0.29, 0.717) is 37.2 Å². The van der Waals surface area contributed by atoms with Gasteiger partial charge in [0.2, 0.25) is 0 Å². The minimum absolute atomic E-state index is 0.0740. The van der Waals surface area contributed by atoms with E-state index in [4.69, 9.17) is 4.74 Å². The highest BCUT2D eigenvalue weighted by molar-refractivity contribution is 5.98. The fourth-order valence-corrected chi connectivity index (χ4v) is 5.61. The van der Waals surface area contributed by atoms with E-state index >= 15 is 0 Å². The predicted octanol–water partition coefficient (Wildman–Crippen LogP) is 4.53. The van der Waals surface area contributed by atoms with Crippen molar-refractivity contribution in [3.05, 3.63) is 94.8 Å². The van der Waals surface area contributed by atoms with Crippen LogP contribution < -0.4 is 10.1 Å². The van der Waals surface area contributed by atoms with Crippen molar-refractivity contribution in [1.29, 1.82) is 0 Å². The molecule has 0 unspecified atom stereocenters. The molecule has 5 rings (SSSR count). The Labute approximate surface area is 241 Å². The van der Waals surface area contributed by atoms with Crippen molar-refractivity contribution in [1.82, 2.24) is 20.1 Å². The Bertz CT molecular complexity index is 1340. The number of benzene rings is 2. The van der Waals surface area contributed by atoms with Crippen molar-refractivity contribution in [2.75, 3.05) is 33.3 Å². The van der Waals surface area contributed by atoms with E-state index in [0.717, 1.165) is 49.4 Å². The number of rotatable bonds is 8. The number of aromatic nitrogens is 1. The topological polar surface area (TPSA) is 91.8 Å². The van der Waals surface area contributed by atoms with Crippen LogP contribution in [-0.2, 0) is 6.54 Å². The Balaban J connectivity index is 1.06. The molecule has 0 aliphatic carbocycles. The summed E-state index contributed by atoms with van der Waals surface area (Å²) in [6.45, 7) is 5.74. The molecule has 0 atom stereocenters. The maximum atomic E-state index is 13.0. The number of likely N-dealkylation sites (tertiary alicyclic amines) is 2. The second kappa shape index (κ2) is 13.1. The molecule has 2 aliphatic heterocycles. The summed E-state index contributed by atoms with van der Waals surface area (Å²) in [5.41, 5.74) is 3.87. The number of nitrogens with zero attached hydrogens (tertiary/aromatic N) is 3. The zero-order valence-corrected chi connectivity index (χ0v) is 23.8. The molecule has 2 amide bonds. The number of nitrogens with one attached hydrogen (secondary N) is 1. The molecular formula is C33H38N4O4. The normalized spacial score (nSPS) is 16.8. The molecule has 0 spiro atoms. The zero-order chi connectivity index (χ0) is 28.8. The minimum Gasteiger partial charge on any atom is -0.497 e. The van der Waals surface area contributed by atoms with Gasteiger partial charge in [0, 0.05) is 56.4 Å². The third-order valence-corrected chi connectivity index (χ3v) is 8.22. The number of ether oxygens (including phenoxy) is 1. The Morgan fingerprint density at radius 2 is 1.51 bits per heavy atom. The molecule has 8 heteroatoms. The van der Waals surface area contributed by atoms with E-state index in [1.165, 1.54) is 11.8 Å². The van der Waals surface area contributed by atoms with Gasteiger partial charge < -0.3 is 15.0 Å². The van der Waals surface area contributed by atoms with E-state index in [1.807, 2.05) is 43.3 Å². The number of Topliss-reactive ketones (excluding diaryl/α,β-unsaturated/α-hetero) is 1. The van der Waals surface area contributed by atoms with E-state index in [9.17, 15) is 14.4 Å². The molecule has 8 nitrogen and oxygen atoms in total. The maximum Gasteiger partial charge on any atom is 0.272 e. The molecule has 2 fully saturated rings. The van der Waals surface area contributed by atoms with Gasteiger partial charge in [-0.15, -0.1) is 0 Å². The monoisotopic (exact) mass is 554 g/mol. The molecule has 1 N–H and O–H groups in total. The summed E-state index contributed by atoms with van der Waals surface area (Å²) in [7, 11) is 1.67. The van der Waals surface area contributed by atoms with Crippen LogP contribution in [0, 0.1) is 12.8 Å². The Morgan fingerprint density at radius 3 is 2.12 bits per heavy atom. The maximum absolute atomic E-state index is 13.0. The van der Waals surface area contributed by atoms with Crippen LogP contribution >= 0.6 is 0 Å². The lowest BCUT2D eigenvalue weighted by molar-refractivity contribution is 0.0645. The van der Waals surface area contributed by atoms with Crippen LogP contribution in [0.2, 0.25) is 0 Å². The second-order valence-electron chi connectivity index (χ2n) is 11.1. The molecule has 0 radical (unpaired) electrons. The van der Waals surface area contributed by atoms with Gasteiger partial charge in [-0.3, -0.25) is 24.3 Å². The van der Waals surface area contributed by atoms with E-state index < -0.39 is 0 Å². The van der Waals surface area contributed by atoms with Crippen molar-refractivity contribution in [2.24, 2.45) is 5.92 Å². The first kappa shape index (κ1) is 28.5. The van der Waals surface area contributed by atoms with Crippen LogP contribution in [0.4, 0.5) is 0 Å². The number of hydrogen-bond donors (Lipinski definition) is 1. The van der Waals surface area contributed by atoms with Crippen LogP contribution in [0.15, 0.2) is 66.9 Å². The molecule has 1 aromatic heterocycles. The van der Waals surface area contributed by atoms with Crippen molar-refractivity contribution < 1.29 is 19.1 Å². The third kappa shape index (κ3) is 7.19. The predicted molar refractivity (Wildman–Crippen MR) is 157 cm³/mol. The van der Waals surface area contributed by atoms with Crippen molar-refractivity contribution >= 4 is 17.6 Å². The third-order valence-electron chi connectivity index (χ3n) is 8.22. The summed E-state index contributed by atoms with van der Waals surface area (Å²) in [5.74, 6) is 0.598. The van der Waals surface area contributed by atoms with Gasteiger partial charge in [-0.05, 0) is 62.4 Å². The van der Waals surface area contributed by atoms with E-state index in [1.54, 1.807) is 24.1 Å². The second-order valence-corrected chi connectivity index (χ2v) is 11.1. The van der Waals surface area contributed by atoms with Gasteiger partial charge >= 0.3 is 0 Å². The molecule has 2 aromatic carbocycles. The summed E-state index contributed by atoms with van der Waals surface area (Å²) in [6.07, 6.45) is 4.52. The number of pyridine rings is 1. The van der Waals surface area contributed by atoms with Gasteiger partial charge in [-0.25, -0.2) is 0 Å². The molecule has 3 aromatic rings. The van der Waals surface area contributed by atoms with Crippen LogP contribution in [0.5, 0.6) is 5.75 Å². The summed E-state index contributed by atoms with van der Waals surface area (Å²) < 4.78 is 5.23. The van der Waals surface area contributed by atoms with Gasteiger partial charge in [0.15, 0.2) is 5.78 Å². The minimum atomic E-state index is -0.166. The summed E-state index contributed by atoms with van der Waals surface area (Å²) in [6, 6.07) is 19.2. The number of ketones is 1. The smallest absolute Gasteiger partial charge is 0.272 e. The van der Waals surface area contributed by atoms with E-state index in [2.05, 4.69) is 27.3 Å². The average molecular weight is 555 g/mol. The van der Waals surface area contributed by atoms with Crippen molar-refractivity contribution in [3.63, 3.8) is 0 Å². The fraction of sp³-hybridized carbons (Fsp3) is 0.394. The number of amides is 2. The largest absolute Gasteiger partial charge is 0.497 e. The Hall–Kier alpha value is -4.04. The summed E-state index contributed by atoms with van der Waals surface area (Å²) in [5, 5.41) is 3.13. The van der Waals surface area contributed by atoms with Crippen LogP contribution in [0.25, 0.3) is 0 Å². The number of methoxy groups -OCH3 is 1. The standard InChI is InChI=1S/C33H38N4O4/c1-23-3-7-25(8-4-23)31(38)26-13-19-37(20-14-26)33(40)30-12-9-27(21-34-30)32(39)35-28-15-17-36(18-16-28)22-24-5-10-29(41-2)11-6-24/h3-12,21,26,28H,13-20,22H2,1-2H3,(H,35,39). The Morgan fingerprint density at radius 1 is 0.854 bits per heavy atom. The lowest BCUT2D eigenvalue weighted by Gasteiger charge is -2.32. The SMILES string of the molecule is COc1ccc(CN2CCC(NC(=O)c3ccc(C(=O)N4CCC(C(=O)c5ccc(C)cc5)CC4)nc3)CC2)cc1.